The monoisotopic (exact) mass is 262 g/mol. The van der Waals surface area contributed by atoms with Gasteiger partial charge in [-0.25, -0.2) is 4.79 Å². The summed E-state index contributed by atoms with van der Waals surface area (Å²) in [6.45, 7) is -0.341. The summed E-state index contributed by atoms with van der Waals surface area (Å²) >= 11 is 10.9. The molecule has 0 unspecified atom stereocenters. The van der Waals surface area contributed by atoms with Crippen LogP contribution in [0.25, 0.3) is 0 Å². The summed E-state index contributed by atoms with van der Waals surface area (Å²) < 4.78 is 9.58. The van der Waals surface area contributed by atoms with E-state index in [1.807, 2.05) is 0 Å². The lowest BCUT2D eigenvalue weighted by Gasteiger charge is -2.09. The first kappa shape index (κ1) is 12.8. The van der Waals surface area contributed by atoms with E-state index in [0.717, 1.165) is 0 Å². The van der Waals surface area contributed by atoms with Gasteiger partial charge in [0.05, 0.1) is 12.1 Å². The summed E-state index contributed by atoms with van der Waals surface area (Å²) in [5.41, 5.74) is 0.0737. The molecule has 6 heteroatoms. The van der Waals surface area contributed by atoms with Crippen molar-refractivity contribution >= 4 is 34.4 Å². The van der Waals surface area contributed by atoms with E-state index in [9.17, 15) is 9.59 Å². The number of hydrogen-bond donors (Lipinski definition) is 0. The van der Waals surface area contributed by atoms with Crippen molar-refractivity contribution in [2.45, 2.75) is 0 Å². The van der Waals surface area contributed by atoms with Crippen molar-refractivity contribution in [1.29, 1.82) is 0 Å². The Morgan fingerprint density at radius 2 is 2.06 bits per heavy atom. The minimum Gasteiger partial charge on any atom is -0.483 e. The van der Waals surface area contributed by atoms with Crippen molar-refractivity contribution in [3.8, 4) is 5.75 Å². The molecule has 1 aromatic rings. The molecule has 0 aliphatic carbocycles. The van der Waals surface area contributed by atoms with Gasteiger partial charge in [-0.3, -0.25) is 4.79 Å². The Balaban J connectivity index is 3.03. The fourth-order valence-corrected chi connectivity index (χ4v) is 1.36. The van der Waals surface area contributed by atoms with Crippen molar-refractivity contribution in [3.05, 3.63) is 28.8 Å². The highest BCUT2D eigenvalue weighted by atomic mass is 35.5. The Bertz CT molecular complexity index is 417. The van der Waals surface area contributed by atoms with E-state index in [-0.39, 0.29) is 22.9 Å². The lowest BCUT2D eigenvalue weighted by molar-refractivity contribution is -0.113. The van der Waals surface area contributed by atoms with E-state index in [4.69, 9.17) is 27.9 Å². The largest absolute Gasteiger partial charge is 0.483 e. The number of methoxy groups -OCH3 is 1. The van der Waals surface area contributed by atoms with Crippen LogP contribution < -0.4 is 4.74 Å². The Kier molecular flexibility index (Phi) is 4.58. The van der Waals surface area contributed by atoms with Gasteiger partial charge in [0.15, 0.2) is 6.61 Å². The Morgan fingerprint density at radius 3 is 2.62 bits per heavy atom. The molecule has 0 saturated heterocycles. The highest BCUT2D eigenvalue weighted by Gasteiger charge is 2.17. The van der Waals surface area contributed by atoms with E-state index in [2.05, 4.69) is 4.74 Å². The molecule has 0 amide bonds. The van der Waals surface area contributed by atoms with Crippen LogP contribution >= 0.6 is 23.2 Å². The van der Waals surface area contributed by atoms with Crippen LogP contribution in [0.15, 0.2) is 18.2 Å². The van der Waals surface area contributed by atoms with Gasteiger partial charge < -0.3 is 9.47 Å². The molecule has 0 atom stereocenters. The second-order valence-corrected chi connectivity index (χ2v) is 3.58. The molecule has 0 radical (unpaired) electrons. The third kappa shape index (κ3) is 3.12. The van der Waals surface area contributed by atoms with Crippen LogP contribution in [0.2, 0.25) is 5.02 Å². The zero-order chi connectivity index (χ0) is 12.1. The number of hydrogen-bond acceptors (Lipinski definition) is 4. The topological polar surface area (TPSA) is 52.6 Å². The van der Waals surface area contributed by atoms with Crippen LogP contribution in [-0.4, -0.2) is 24.9 Å². The van der Waals surface area contributed by atoms with Crippen LogP contribution in [0.3, 0.4) is 0 Å². The van der Waals surface area contributed by atoms with Crippen molar-refractivity contribution in [3.63, 3.8) is 0 Å². The van der Waals surface area contributed by atoms with Gasteiger partial charge >= 0.3 is 5.97 Å². The van der Waals surface area contributed by atoms with Crippen molar-refractivity contribution in [2.24, 2.45) is 0 Å². The third-order valence-corrected chi connectivity index (χ3v) is 2.13. The van der Waals surface area contributed by atoms with Crippen molar-refractivity contribution < 1.29 is 19.1 Å². The van der Waals surface area contributed by atoms with Gasteiger partial charge in [0.1, 0.15) is 11.3 Å². The van der Waals surface area contributed by atoms with Crippen LogP contribution in [0.4, 0.5) is 0 Å². The van der Waals surface area contributed by atoms with Gasteiger partial charge in [-0.2, -0.15) is 0 Å². The molecule has 0 fully saturated rings. The Hall–Kier alpha value is -1.26. The first-order valence-corrected chi connectivity index (χ1v) is 4.99. The Morgan fingerprint density at radius 1 is 1.38 bits per heavy atom. The smallest absolute Gasteiger partial charge is 0.343 e. The van der Waals surface area contributed by atoms with Crippen LogP contribution in [0.1, 0.15) is 10.4 Å². The second kappa shape index (κ2) is 5.72. The van der Waals surface area contributed by atoms with Crippen LogP contribution in [0.5, 0.6) is 5.75 Å². The molecular formula is C10H8Cl2O4. The number of carbonyl (C=O) groups is 2. The molecule has 16 heavy (non-hydrogen) atoms. The maximum absolute atomic E-state index is 11.4. The zero-order valence-corrected chi connectivity index (χ0v) is 9.84. The standard InChI is InChI=1S/C10H8Cl2O4/c1-15-10(14)9-6(11)3-2-4-7(9)16-5-8(12)13/h2-4H,5H2,1H3. The molecule has 0 aliphatic heterocycles. The lowest BCUT2D eigenvalue weighted by atomic mass is 10.2. The molecule has 4 nitrogen and oxygen atoms in total. The third-order valence-electron chi connectivity index (χ3n) is 1.71. The number of benzene rings is 1. The number of carbonyl (C=O) groups excluding carboxylic acids is 2. The SMILES string of the molecule is COC(=O)c1c(Cl)cccc1OCC(=O)Cl. The minimum atomic E-state index is -0.671. The minimum absolute atomic E-state index is 0.0737. The van der Waals surface area contributed by atoms with E-state index in [1.165, 1.54) is 19.2 Å². The predicted molar refractivity (Wildman–Crippen MR) is 59.1 cm³/mol. The molecule has 1 rings (SSSR count). The normalized spacial score (nSPS) is 9.69. The summed E-state index contributed by atoms with van der Waals surface area (Å²) in [6.07, 6.45) is 0. The van der Waals surface area contributed by atoms with Crippen molar-refractivity contribution in [1.82, 2.24) is 0 Å². The van der Waals surface area contributed by atoms with E-state index in [0.29, 0.717) is 0 Å². The highest BCUT2D eigenvalue weighted by Crippen LogP contribution is 2.27. The molecular weight excluding hydrogens is 255 g/mol. The predicted octanol–water partition coefficient (Wildman–Crippen LogP) is 2.27. The second-order valence-electron chi connectivity index (χ2n) is 2.75. The lowest BCUT2D eigenvalue weighted by Crippen LogP contribution is -2.10. The molecule has 0 aromatic heterocycles. The van der Waals surface area contributed by atoms with Gasteiger partial charge in [0.25, 0.3) is 5.24 Å². The van der Waals surface area contributed by atoms with Gasteiger partial charge in [-0.1, -0.05) is 17.7 Å². The summed E-state index contributed by atoms with van der Waals surface area (Å²) in [5.74, 6) is -0.476. The van der Waals surface area contributed by atoms with Gasteiger partial charge in [-0.15, -0.1) is 0 Å². The van der Waals surface area contributed by atoms with Gasteiger partial charge in [0, 0.05) is 0 Å². The number of ether oxygens (including phenoxy) is 2. The van der Waals surface area contributed by atoms with Gasteiger partial charge in [0.2, 0.25) is 0 Å². The first-order chi connectivity index (χ1) is 7.56. The van der Waals surface area contributed by atoms with E-state index < -0.39 is 11.2 Å². The van der Waals surface area contributed by atoms with Gasteiger partial charge in [-0.05, 0) is 23.7 Å². The molecule has 86 valence electrons. The maximum Gasteiger partial charge on any atom is 0.343 e. The average Bonchev–Trinajstić information content (AvgIpc) is 2.25. The summed E-state index contributed by atoms with van der Waals surface area (Å²) in [5, 5.41) is -0.484. The van der Waals surface area contributed by atoms with Crippen LogP contribution in [0, 0.1) is 0 Å². The molecule has 0 aliphatic rings. The molecule has 0 heterocycles. The van der Waals surface area contributed by atoms with Crippen LogP contribution in [-0.2, 0) is 9.53 Å². The average molecular weight is 263 g/mol. The number of halogens is 2. The van der Waals surface area contributed by atoms with Crippen molar-refractivity contribution in [2.75, 3.05) is 13.7 Å². The summed E-state index contributed by atoms with van der Waals surface area (Å²) in [4.78, 5) is 21.9. The maximum atomic E-state index is 11.4. The fourth-order valence-electron chi connectivity index (χ4n) is 1.06. The molecule has 0 N–H and O–H groups in total. The van der Waals surface area contributed by atoms with E-state index in [1.54, 1.807) is 6.07 Å². The molecule has 0 saturated carbocycles. The molecule has 0 bridgehead atoms. The summed E-state index contributed by atoms with van der Waals surface area (Å²) in [6, 6.07) is 4.60. The fraction of sp³-hybridized carbons (Fsp3) is 0.200. The number of rotatable bonds is 4. The van der Waals surface area contributed by atoms with E-state index >= 15 is 0 Å². The molecule has 0 spiro atoms. The zero-order valence-electron chi connectivity index (χ0n) is 8.33. The Labute approximate surface area is 102 Å². The first-order valence-electron chi connectivity index (χ1n) is 4.24. The molecule has 1 aromatic carbocycles. The summed E-state index contributed by atoms with van der Waals surface area (Å²) in [7, 11) is 1.22. The quantitative estimate of drug-likeness (QED) is 0.617. The number of esters is 1. The highest BCUT2D eigenvalue weighted by molar-refractivity contribution is 6.63.